The van der Waals surface area contributed by atoms with Crippen LogP contribution in [0, 0.1) is 11.8 Å². The van der Waals surface area contributed by atoms with Crippen molar-refractivity contribution < 1.29 is 19.1 Å². The second kappa shape index (κ2) is 9.45. The summed E-state index contributed by atoms with van der Waals surface area (Å²) in [6.07, 6.45) is 5.17. The third-order valence-corrected chi connectivity index (χ3v) is 4.53. The molecule has 0 aromatic carbocycles. The lowest BCUT2D eigenvalue weighted by Crippen LogP contribution is -2.66. The first-order valence-electron chi connectivity index (χ1n) is 8.77. The van der Waals surface area contributed by atoms with Crippen LogP contribution in [0.15, 0.2) is 12.7 Å². The van der Waals surface area contributed by atoms with Gasteiger partial charge in [0.15, 0.2) is 0 Å². The van der Waals surface area contributed by atoms with Crippen molar-refractivity contribution in [2.75, 3.05) is 13.2 Å². The fourth-order valence-electron chi connectivity index (χ4n) is 3.34. The van der Waals surface area contributed by atoms with Crippen molar-refractivity contribution in [1.29, 1.82) is 0 Å². The Bertz CT molecular complexity index is 478. The van der Waals surface area contributed by atoms with Crippen LogP contribution in [-0.4, -0.2) is 36.5 Å². The highest BCUT2D eigenvalue weighted by molar-refractivity contribution is 5.96. The Balaban J connectivity index is 3.16. The molecule has 24 heavy (non-hydrogen) atoms. The number of hydrogen-bond acceptors (Lipinski definition) is 4. The topological polar surface area (TPSA) is 84.5 Å². The van der Waals surface area contributed by atoms with E-state index in [1.165, 1.54) is 6.92 Å². The van der Waals surface area contributed by atoms with Crippen LogP contribution in [-0.2, 0) is 19.1 Å². The summed E-state index contributed by atoms with van der Waals surface area (Å²) < 4.78 is 5.17. The van der Waals surface area contributed by atoms with E-state index in [2.05, 4.69) is 17.2 Å². The standard InChI is InChI=1S/C18H30N2O4/c1-5-8-11-19-17(23)18(20-13(4)21)12-14(6-2)9-10-15(18)16(22)24-7-3/h6,14-15H,2,5,7-12H2,1,3-4H3,(H,19,23)(H,20,21)/t14-,15+,18-/m1/s1. The molecule has 1 fully saturated rings. The van der Waals surface area contributed by atoms with Gasteiger partial charge in [-0.3, -0.25) is 14.4 Å². The average molecular weight is 338 g/mol. The van der Waals surface area contributed by atoms with Gasteiger partial charge in [0.1, 0.15) is 5.54 Å². The van der Waals surface area contributed by atoms with Crippen LogP contribution in [0.1, 0.15) is 52.9 Å². The molecule has 0 aliphatic heterocycles. The van der Waals surface area contributed by atoms with Gasteiger partial charge in [-0.25, -0.2) is 0 Å². The van der Waals surface area contributed by atoms with Crippen molar-refractivity contribution >= 4 is 17.8 Å². The number of carbonyl (C=O) groups excluding carboxylic acids is 3. The van der Waals surface area contributed by atoms with E-state index in [1.807, 2.05) is 6.92 Å². The molecule has 0 spiro atoms. The lowest BCUT2D eigenvalue weighted by atomic mass is 9.67. The molecule has 0 heterocycles. The number of esters is 1. The van der Waals surface area contributed by atoms with Crippen molar-refractivity contribution in [3.8, 4) is 0 Å². The first kappa shape index (κ1) is 20.2. The minimum Gasteiger partial charge on any atom is -0.466 e. The Morgan fingerprint density at radius 2 is 2.00 bits per heavy atom. The number of allylic oxidation sites excluding steroid dienone is 1. The summed E-state index contributed by atoms with van der Waals surface area (Å²) in [5.74, 6) is -1.69. The molecule has 0 unspecified atom stereocenters. The van der Waals surface area contributed by atoms with E-state index in [1.54, 1.807) is 13.0 Å². The zero-order valence-electron chi connectivity index (χ0n) is 15.0. The molecular formula is C18H30N2O4. The Labute approximate surface area is 144 Å². The van der Waals surface area contributed by atoms with Gasteiger partial charge in [-0.2, -0.15) is 0 Å². The maximum Gasteiger partial charge on any atom is 0.311 e. The molecule has 0 bridgehead atoms. The fourth-order valence-corrected chi connectivity index (χ4v) is 3.34. The van der Waals surface area contributed by atoms with Gasteiger partial charge in [0.05, 0.1) is 12.5 Å². The van der Waals surface area contributed by atoms with Gasteiger partial charge in [0.2, 0.25) is 11.8 Å². The third-order valence-electron chi connectivity index (χ3n) is 4.53. The summed E-state index contributed by atoms with van der Waals surface area (Å²) >= 11 is 0. The third kappa shape index (κ3) is 4.82. The quantitative estimate of drug-likeness (QED) is 0.402. The van der Waals surface area contributed by atoms with E-state index < -0.39 is 17.4 Å². The molecule has 136 valence electrons. The number of hydrogen-bond donors (Lipinski definition) is 2. The van der Waals surface area contributed by atoms with Crippen molar-refractivity contribution in [3.63, 3.8) is 0 Å². The van der Waals surface area contributed by atoms with Crippen LogP contribution in [0.5, 0.6) is 0 Å². The lowest BCUT2D eigenvalue weighted by molar-refractivity contribution is -0.158. The molecular weight excluding hydrogens is 308 g/mol. The molecule has 1 aliphatic rings. The Morgan fingerprint density at radius 1 is 1.29 bits per heavy atom. The molecule has 2 amide bonds. The molecule has 0 aromatic heterocycles. The lowest BCUT2D eigenvalue weighted by Gasteiger charge is -2.44. The van der Waals surface area contributed by atoms with E-state index in [0.717, 1.165) is 19.3 Å². The van der Waals surface area contributed by atoms with E-state index in [-0.39, 0.29) is 24.3 Å². The van der Waals surface area contributed by atoms with Crippen molar-refractivity contribution in [3.05, 3.63) is 12.7 Å². The fraction of sp³-hybridized carbons (Fsp3) is 0.722. The zero-order valence-corrected chi connectivity index (χ0v) is 15.0. The molecule has 1 saturated carbocycles. The van der Waals surface area contributed by atoms with E-state index >= 15 is 0 Å². The molecule has 0 radical (unpaired) electrons. The van der Waals surface area contributed by atoms with Gasteiger partial charge in [-0.1, -0.05) is 19.4 Å². The van der Waals surface area contributed by atoms with Crippen LogP contribution in [0.25, 0.3) is 0 Å². The summed E-state index contributed by atoms with van der Waals surface area (Å²) in [6, 6.07) is 0. The number of ether oxygens (including phenoxy) is 1. The summed E-state index contributed by atoms with van der Waals surface area (Å²) in [6.45, 7) is 9.70. The van der Waals surface area contributed by atoms with Crippen LogP contribution < -0.4 is 10.6 Å². The van der Waals surface area contributed by atoms with E-state index in [0.29, 0.717) is 19.4 Å². The van der Waals surface area contributed by atoms with E-state index in [9.17, 15) is 14.4 Å². The van der Waals surface area contributed by atoms with Crippen molar-refractivity contribution in [2.45, 2.75) is 58.4 Å². The van der Waals surface area contributed by atoms with Gasteiger partial charge in [0.25, 0.3) is 0 Å². The maximum absolute atomic E-state index is 12.9. The first-order valence-corrected chi connectivity index (χ1v) is 8.77. The van der Waals surface area contributed by atoms with Crippen LogP contribution in [0.3, 0.4) is 0 Å². The second-order valence-corrected chi connectivity index (χ2v) is 6.34. The van der Waals surface area contributed by atoms with Gasteiger partial charge in [-0.15, -0.1) is 6.58 Å². The number of amides is 2. The smallest absolute Gasteiger partial charge is 0.311 e. The maximum atomic E-state index is 12.9. The minimum absolute atomic E-state index is 0.0689. The summed E-state index contributed by atoms with van der Waals surface area (Å²) in [7, 11) is 0. The highest BCUT2D eigenvalue weighted by Gasteiger charge is 2.53. The molecule has 1 rings (SSSR count). The SMILES string of the molecule is C=C[C@@H]1CC[C@@H](C(=O)OCC)[C@@](NC(C)=O)(C(=O)NCCCC)C1. The summed E-state index contributed by atoms with van der Waals surface area (Å²) in [5, 5.41) is 5.65. The predicted octanol–water partition coefficient (Wildman–Crippen LogP) is 1.94. The van der Waals surface area contributed by atoms with Gasteiger partial charge in [0, 0.05) is 13.5 Å². The predicted molar refractivity (Wildman–Crippen MR) is 92.1 cm³/mol. The highest BCUT2D eigenvalue weighted by Crippen LogP contribution is 2.39. The van der Waals surface area contributed by atoms with Gasteiger partial charge < -0.3 is 15.4 Å². The molecule has 3 atom stereocenters. The molecule has 2 N–H and O–H groups in total. The molecule has 6 heteroatoms. The van der Waals surface area contributed by atoms with E-state index in [4.69, 9.17) is 4.74 Å². The molecule has 0 saturated heterocycles. The summed E-state index contributed by atoms with van der Waals surface area (Å²) in [5.41, 5.74) is -1.27. The second-order valence-electron chi connectivity index (χ2n) is 6.34. The Hall–Kier alpha value is -1.85. The average Bonchev–Trinajstić information content (AvgIpc) is 2.54. The molecule has 0 aromatic rings. The number of rotatable bonds is 8. The number of nitrogens with one attached hydrogen (secondary N) is 2. The molecule has 6 nitrogen and oxygen atoms in total. The van der Waals surface area contributed by atoms with Crippen LogP contribution >= 0.6 is 0 Å². The highest BCUT2D eigenvalue weighted by atomic mass is 16.5. The normalized spacial score (nSPS) is 26.3. The van der Waals surface area contributed by atoms with Crippen LogP contribution in [0.4, 0.5) is 0 Å². The van der Waals surface area contributed by atoms with Gasteiger partial charge in [-0.05, 0) is 38.5 Å². The minimum atomic E-state index is -1.27. The monoisotopic (exact) mass is 338 g/mol. The van der Waals surface area contributed by atoms with Gasteiger partial charge >= 0.3 is 5.97 Å². The largest absolute Gasteiger partial charge is 0.466 e. The first-order chi connectivity index (χ1) is 11.4. The summed E-state index contributed by atoms with van der Waals surface area (Å²) in [4.78, 5) is 37.2. The number of carbonyl (C=O) groups is 3. The number of unbranched alkanes of at least 4 members (excludes halogenated alkanes) is 1. The Kier molecular flexibility index (Phi) is 7.95. The zero-order chi connectivity index (χ0) is 18.2. The molecule has 1 aliphatic carbocycles. The van der Waals surface area contributed by atoms with Crippen molar-refractivity contribution in [2.24, 2.45) is 11.8 Å². The Morgan fingerprint density at radius 3 is 2.54 bits per heavy atom. The van der Waals surface area contributed by atoms with Crippen molar-refractivity contribution in [1.82, 2.24) is 10.6 Å². The van der Waals surface area contributed by atoms with Crippen LogP contribution in [0.2, 0.25) is 0 Å².